The van der Waals surface area contributed by atoms with Crippen LogP contribution in [0.15, 0.2) is 0 Å². The van der Waals surface area contributed by atoms with Gasteiger partial charge in [0.1, 0.15) is 0 Å². The van der Waals surface area contributed by atoms with Crippen molar-refractivity contribution in [3.05, 3.63) is 0 Å². The summed E-state index contributed by atoms with van der Waals surface area (Å²) in [4.78, 5) is 0. The van der Waals surface area contributed by atoms with Crippen LogP contribution in [0.25, 0.3) is 0 Å². The van der Waals surface area contributed by atoms with Crippen LogP contribution < -0.4 is 5.32 Å². The van der Waals surface area contributed by atoms with Gasteiger partial charge < -0.3 is 5.32 Å². The summed E-state index contributed by atoms with van der Waals surface area (Å²) in [5.74, 6) is 1.28. The lowest BCUT2D eigenvalue weighted by Crippen LogP contribution is -2.36. The van der Waals surface area contributed by atoms with Crippen LogP contribution >= 0.6 is 11.8 Å². The second kappa shape index (κ2) is 5.87. The van der Waals surface area contributed by atoms with E-state index in [0.717, 1.165) is 11.8 Å². The van der Waals surface area contributed by atoms with Crippen molar-refractivity contribution in [3.8, 4) is 0 Å². The van der Waals surface area contributed by atoms with E-state index in [-0.39, 0.29) is 5.54 Å². The molecule has 0 bridgehead atoms. The van der Waals surface area contributed by atoms with Crippen molar-refractivity contribution in [2.75, 3.05) is 12.3 Å². The minimum atomic E-state index is 0.280. The first kappa shape index (κ1) is 12.3. The van der Waals surface area contributed by atoms with Gasteiger partial charge >= 0.3 is 0 Å². The zero-order chi connectivity index (χ0) is 9.61. The molecule has 0 aliphatic heterocycles. The summed E-state index contributed by atoms with van der Waals surface area (Å²) in [7, 11) is 0. The summed E-state index contributed by atoms with van der Waals surface area (Å²) in [5.41, 5.74) is 0.280. The van der Waals surface area contributed by atoms with Gasteiger partial charge in [0.2, 0.25) is 0 Å². The number of hydrogen-bond acceptors (Lipinski definition) is 2. The Hall–Kier alpha value is 0.310. The molecule has 0 aromatic carbocycles. The molecule has 0 spiro atoms. The highest BCUT2D eigenvalue weighted by molar-refractivity contribution is 7.99. The summed E-state index contributed by atoms with van der Waals surface area (Å²) in [6.45, 7) is 12.3. The molecular formula is C10H23NS. The Morgan fingerprint density at radius 2 is 1.83 bits per heavy atom. The Balaban J connectivity index is 3.12. The molecule has 12 heavy (non-hydrogen) atoms. The molecule has 0 heterocycles. The van der Waals surface area contributed by atoms with Gasteiger partial charge in [0.25, 0.3) is 0 Å². The zero-order valence-electron chi connectivity index (χ0n) is 9.11. The minimum Gasteiger partial charge on any atom is -0.312 e. The molecule has 0 fully saturated rings. The minimum absolute atomic E-state index is 0.280. The molecule has 0 aliphatic carbocycles. The SMILES string of the molecule is CC(C)SCCCNC(C)(C)C. The molecule has 0 amide bonds. The maximum atomic E-state index is 3.48. The second-order valence-corrected chi connectivity index (χ2v) is 6.13. The van der Waals surface area contributed by atoms with Crippen LogP contribution in [0.4, 0.5) is 0 Å². The third-order valence-electron chi connectivity index (χ3n) is 1.43. The van der Waals surface area contributed by atoms with Crippen LogP contribution in [0, 0.1) is 0 Å². The van der Waals surface area contributed by atoms with E-state index >= 15 is 0 Å². The van der Waals surface area contributed by atoms with Crippen molar-refractivity contribution in [2.24, 2.45) is 0 Å². The number of rotatable bonds is 5. The Kier molecular flexibility index (Phi) is 6.02. The molecule has 0 radical (unpaired) electrons. The fraction of sp³-hybridized carbons (Fsp3) is 1.00. The van der Waals surface area contributed by atoms with E-state index in [1.807, 2.05) is 11.8 Å². The van der Waals surface area contributed by atoms with Crippen molar-refractivity contribution in [1.29, 1.82) is 0 Å². The molecule has 0 saturated heterocycles. The van der Waals surface area contributed by atoms with Crippen molar-refractivity contribution in [1.82, 2.24) is 5.32 Å². The van der Waals surface area contributed by atoms with Gasteiger partial charge in [-0.2, -0.15) is 11.8 Å². The molecule has 2 heteroatoms. The molecule has 74 valence electrons. The van der Waals surface area contributed by atoms with Crippen LogP contribution in [0.5, 0.6) is 0 Å². The summed E-state index contributed by atoms with van der Waals surface area (Å²) in [6.07, 6.45) is 1.28. The number of thioether (sulfide) groups is 1. The van der Waals surface area contributed by atoms with Gasteiger partial charge in [-0.25, -0.2) is 0 Å². The van der Waals surface area contributed by atoms with E-state index in [2.05, 4.69) is 39.9 Å². The van der Waals surface area contributed by atoms with Gasteiger partial charge in [-0.3, -0.25) is 0 Å². The van der Waals surface area contributed by atoms with Crippen LogP contribution in [-0.2, 0) is 0 Å². The quantitative estimate of drug-likeness (QED) is 0.667. The number of nitrogens with one attached hydrogen (secondary N) is 1. The fourth-order valence-corrected chi connectivity index (χ4v) is 1.64. The lowest BCUT2D eigenvalue weighted by molar-refractivity contribution is 0.427. The molecule has 0 aromatic heterocycles. The zero-order valence-corrected chi connectivity index (χ0v) is 9.92. The average Bonchev–Trinajstić information content (AvgIpc) is 1.83. The van der Waals surface area contributed by atoms with E-state index in [4.69, 9.17) is 0 Å². The summed E-state index contributed by atoms with van der Waals surface area (Å²) >= 11 is 2.04. The third kappa shape index (κ3) is 10.3. The van der Waals surface area contributed by atoms with Crippen LogP contribution in [0.2, 0.25) is 0 Å². The first-order valence-corrected chi connectivity index (χ1v) is 5.83. The molecule has 0 aromatic rings. The lowest BCUT2D eigenvalue weighted by atomic mass is 10.1. The van der Waals surface area contributed by atoms with Crippen LogP contribution in [0.1, 0.15) is 41.0 Å². The molecule has 1 N–H and O–H groups in total. The predicted octanol–water partition coefficient (Wildman–Crippen LogP) is 2.91. The van der Waals surface area contributed by atoms with E-state index in [1.165, 1.54) is 12.2 Å². The highest BCUT2D eigenvalue weighted by atomic mass is 32.2. The molecule has 0 rings (SSSR count). The summed E-state index contributed by atoms with van der Waals surface area (Å²) < 4.78 is 0. The molecule has 0 atom stereocenters. The Bertz CT molecular complexity index is 105. The van der Waals surface area contributed by atoms with E-state index in [0.29, 0.717) is 0 Å². The Morgan fingerprint density at radius 3 is 2.25 bits per heavy atom. The van der Waals surface area contributed by atoms with Crippen molar-refractivity contribution in [2.45, 2.75) is 51.8 Å². The third-order valence-corrected chi connectivity index (χ3v) is 2.62. The number of hydrogen-bond donors (Lipinski definition) is 1. The molecule has 1 nitrogen and oxygen atoms in total. The normalized spacial score (nSPS) is 12.5. The molecule has 0 unspecified atom stereocenters. The van der Waals surface area contributed by atoms with Gasteiger partial charge in [-0.05, 0) is 44.7 Å². The maximum absolute atomic E-state index is 3.48. The summed E-state index contributed by atoms with van der Waals surface area (Å²) in [6, 6.07) is 0. The van der Waals surface area contributed by atoms with Gasteiger partial charge in [0, 0.05) is 5.54 Å². The highest BCUT2D eigenvalue weighted by Gasteiger charge is 2.06. The van der Waals surface area contributed by atoms with Gasteiger partial charge in [-0.15, -0.1) is 0 Å². The van der Waals surface area contributed by atoms with E-state index in [9.17, 15) is 0 Å². The first-order chi connectivity index (χ1) is 5.42. The molecular weight excluding hydrogens is 166 g/mol. The van der Waals surface area contributed by atoms with Crippen molar-refractivity contribution < 1.29 is 0 Å². The highest BCUT2D eigenvalue weighted by Crippen LogP contribution is 2.09. The Morgan fingerprint density at radius 1 is 1.25 bits per heavy atom. The summed E-state index contributed by atoms with van der Waals surface area (Å²) in [5, 5.41) is 4.26. The van der Waals surface area contributed by atoms with Gasteiger partial charge in [-0.1, -0.05) is 13.8 Å². The monoisotopic (exact) mass is 189 g/mol. The molecule has 0 aliphatic rings. The maximum Gasteiger partial charge on any atom is 0.00965 e. The van der Waals surface area contributed by atoms with Crippen LogP contribution in [-0.4, -0.2) is 23.1 Å². The van der Waals surface area contributed by atoms with Crippen molar-refractivity contribution >= 4 is 11.8 Å². The Labute approximate surface area is 81.7 Å². The van der Waals surface area contributed by atoms with Gasteiger partial charge in [0.15, 0.2) is 0 Å². The van der Waals surface area contributed by atoms with Gasteiger partial charge in [0.05, 0.1) is 0 Å². The van der Waals surface area contributed by atoms with E-state index in [1.54, 1.807) is 0 Å². The first-order valence-electron chi connectivity index (χ1n) is 4.78. The largest absolute Gasteiger partial charge is 0.312 e. The lowest BCUT2D eigenvalue weighted by Gasteiger charge is -2.20. The fourth-order valence-electron chi connectivity index (χ4n) is 0.855. The standard InChI is InChI=1S/C10H23NS/c1-9(2)12-8-6-7-11-10(3,4)5/h9,11H,6-8H2,1-5H3. The van der Waals surface area contributed by atoms with Crippen molar-refractivity contribution in [3.63, 3.8) is 0 Å². The van der Waals surface area contributed by atoms with E-state index < -0.39 is 0 Å². The molecule has 0 saturated carbocycles. The smallest absolute Gasteiger partial charge is 0.00965 e. The predicted molar refractivity (Wildman–Crippen MR) is 60.0 cm³/mol. The second-order valence-electron chi connectivity index (χ2n) is 4.45. The average molecular weight is 189 g/mol. The topological polar surface area (TPSA) is 12.0 Å². The van der Waals surface area contributed by atoms with Crippen LogP contribution in [0.3, 0.4) is 0 Å².